The molecule has 0 bridgehead atoms. The molecule has 0 unspecified atom stereocenters. The molecule has 0 fully saturated rings. The van der Waals surface area contributed by atoms with Gasteiger partial charge in [0.25, 0.3) is 10.0 Å². The van der Waals surface area contributed by atoms with Crippen molar-refractivity contribution in [2.45, 2.75) is 11.8 Å². The normalized spacial score (nSPS) is 14.1. The third-order valence-corrected chi connectivity index (χ3v) is 4.97. The standard InChI is InChI=1S/C16H11F5N2O2S2/c1-12-2-5-15(6-3-12)26(24,25)23-16-7-4-13(11-22)10-14(16)8-9-27(17,18,19,20)21/h2-7,10,23H,1H3. The molecule has 0 heterocycles. The quantitative estimate of drug-likeness (QED) is 0.541. The molecule has 2 aromatic rings. The Labute approximate surface area is 152 Å². The van der Waals surface area contributed by atoms with E-state index in [1.165, 1.54) is 30.2 Å². The molecule has 27 heavy (non-hydrogen) atoms. The first-order valence-electron chi connectivity index (χ1n) is 7.00. The highest BCUT2D eigenvalue weighted by Gasteiger charge is 2.62. The predicted octanol–water partition coefficient (Wildman–Crippen LogP) is 5.28. The van der Waals surface area contributed by atoms with Crippen LogP contribution in [0.25, 0.3) is 0 Å². The van der Waals surface area contributed by atoms with Crippen LogP contribution in [0.4, 0.5) is 25.1 Å². The Morgan fingerprint density at radius 2 is 1.59 bits per heavy atom. The van der Waals surface area contributed by atoms with E-state index in [0.29, 0.717) is 0 Å². The van der Waals surface area contributed by atoms with Crippen LogP contribution in [0.3, 0.4) is 0 Å². The summed E-state index contributed by atoms with van der Waals surface area (Å²) in [4.78, 5) is -0.191. The van der Waals surface area contributed by atoms with Crippen molar-refractivity contribution >= 4 is 25.9 Å². The van der Waals surface area contributed by atoms with Gasteiger partial charge in [0.15, 0.2) is 0 Å². The van der Waals surface area contributed by atoms with E-state index in [-0.39, 0.29) is 15.7 Å². The Morgan fingerprint density at radius 3 is 2.11 bits per heavy atom. The van der Waals surface area contributed by atoms with E-state index in [0.717, 1.165) is 23.8 Å². The zero-order valence-electron chi connectivity index (χ0n) is 13.5. The van der Waals surface area contributed by atoms with Gasteiger partial charge in [-0.3, -0.25) is 4.72 Å². The lowest BCUT2D eigenvalue weighted by molar-refractivity contribution is 0.389. The molecule has 2 rings (SSSR count). The summed E-state index contributed by atoms with van der Waals surface area (Å²) in [5.74, 6) is 1.24. The third kappa shape index (κ3) is 6.16. The van der Waals surface area contributed by atoms with Gasteiger partial charge in [-0.2, -0.15) is 5.26 Å². The lowest BCUT2D eigenvalue weighted by atomic mass is 10.1. The fourth-order valence-corrected chi connectivity index (χ4v) is 3.26. The fraction of sp³-hybridized carbons (Fsp3) is 0.0625. The second-order valence-corrected chi connectivity index (χ2v) is 9.31. The summed E-state index contributed by atoms with van der Waals surface area (Å²) in [6.07, 6.45) is 0. The molecule has 0 saturated heterocycles. The molecule has 144 valence electrons. The van der Waals surface area contributed by atoms with Crippen LogP contribution in [0, 0.1) is 29.4 Å². The van der Waals surface area contributed by atoms with E-state index in [9.17, 15) is 27.8 Å². The van der Waals surface area contributed by atoms with E-state index >= 15 is 0 Å². The predicted molar refractivity (Wildman–Crippen MR) is 93.2 cm³/mol. The first-order chi connectivity index (χ1) is 12.1. The second-order valence-electron chi connectivity index (χ2n) is 5.49. The van der Waals surface area contributed by atoms with Crippen LogP contribution in [-0.2, 0) is 10.0 Å². The Balaban J connectivity index is 2.54. The number of nitrogens with one attached hydrogen (secondary N) is 1. The van der Waals surface area contributed by atoms with Gasteiger partial charge in [0.1, 0.15) is 0 Å². The van der Waals surface area contributed by atoms with Gasteiger partial charge >= 0.3 is 10.2 Å². The Hall–Kier alpha value is -2.76. The van der Waals surface area contributed by atoms with Crippen LogP contribution in [0.15, 0.2) is 47.4 Å². The molecule has 0 atom stereocenters. The summed E-state index contributed by atoms with van der Waals surface area (Å²) >= 11 is 0. The zero-order valence-corrected chi connectivity index (χ0v) is 15.1. The molecular weight excluding hydrogens is 411 g/mol. The number of hydrogen-bond donors (Lipinski definition) is 1. The van der Waals surface area contributed by atoms with Gasteiger partial charge in [0, 0.05) is 0 Å². The van der Waals surface area contributed by atoms with E-state index in [1.807, 2.05) is 4.72 Å². The molecule has 0 aliphatic rings. The highest BCUT2D eigenvalue weighted by Crippen LogP contribution is 2.97. The summed E-state index contributed by atoms with van der Waals surface area (Å²) in [5.41, 5.74) is -0.587. The van der Waals surface area contributed by atoms with Gasteiger partial charge in [0.05, 0.1) is 33.0 Å². The minimum atomic E-state index is -10.0. The highest BCUT2D eigenvalue weighted by atomic mass is 32.5. The molecule has 1 N–H and O–H groups in total. The number of rotatable bonds is 3. The van der Waals surface area contributed by atoms with E-state index in [2.05, 4.69) is 0 Å². The lowest BCUT2D eigenvalue weighted by Gasteiger charge is -2.33. The average molecular weight is 422 g/mol. The Morgan fingerprint density at radius 1 is 1.00 bits per heavy atom. The molecule has 0 saturated carbocycles. The first-order valence-corrected chi connectivity index (χ1v) is 10.4. The molecule has 0 radical (unpaired) electrons. The highest BCUT2D eigenvalue weighted by molar-refractivity contribution is 8.49. The van der Waals surface area contributed by atoms with Gasteiger partial charge in [-0.05, 0) is 43.2 Å². The van der Waals surface area contributed by atoms with Crippen LogP contribution in [-0.4, -0.2) is 8.42 Å². The van der Waals surface area contributed by atoms with Crippen LogP contribution in [0.2, 0.25) is 0 Å². The maximum absolute atomic E-state index is 12.5. The average Bonchev–Trinajstić information content (AvgIpc) is 2.52. The molecule has 2 aromatic carbocycles. The number of nitrogens with zero attached hydrogens (tertiary/aromatic N) is 1. The number of halogens is 5. The van der Waals surface area contributed by atoms with Crippen LogP contribution in [0.1, 0.15) is 16.7 Å². The third-order valence-electron chi connectivity index (χ3n) is 3.10. The van der Waals surface area contributed by atoms with Crippen molar-refractivity contribution in [2.24, 2.45) is 0 Å². The van der Waals surface area contributed by atoms with Gasteiger partial charge in [-0.25, -0.2) is 8.42 Å². The number of nitriles is 1. The van der Waals surface area contributed by atoms with Crippen molar-refractivity contribution in [3.63, 3.8) is 0 Å². The molecule has 0 aromatic heterocycles. The topological polar surface area (TPSA) is 70.0 Å². The zero-order chi connectivity index (χ0) is 20.6. The monoisotopic (exact) mass is 422 g/mol. The van der Waals surface area contributed by atoms with Gasteiger partial charge in [0.2, 0.25) is 0 Å². The largest absolute Gasteiger partial charge is 0.345 e. The summed E-state index contributed by atoms with van der Waals surface area (Å²) in [6.45, 7) is 1.72. The number of hydrogen-bond acceptors (Lipinski definition) is 3. The molecular formula is C16H11F5N2O2S2. The van der Waals surface area contributed by atoms with Crippen molar-refractivity contribution in [1.29, 1.82) is 5.26 Å². The summed E-state index contributed by atoms with van der Waals surface area (Å²) in [5, 5.41) is 8.83. The van der Waals surface area contributed by atoms with Crippen LogP contribution >= 0.6 is 10.2 Å². The summed E-state index contributed by atoms with van der Waals surface area (Å²) in [7, 11) is -14.3. The lowest BCUT2D eigenvalue weighted by Crippen LogP contribution is -2.14. The van der Waals surface area contributed by atoms with Crippen molar-refractivity contribution < 1.29 is 27.8 Å². The minimum Gasteiger partial charge on any atom is -0.278 e. The van der Waals surface area contributed by atoms with E-state index < -0.39 is 31.5 Å². The fourth-order valence-electron chi connectivity index (χ4n) is 1.88. The molecule has 0 amide bonds. The molecule has 0 spiro atoms. The van der Waals surface area contributed by atoms with Gasteiger partial charge < -0.3 is 0 Å². The Kier molecular flexibility index (Phi) is 4.47. The smallest absolute Gasteiger partial charge is 0.278 e. The SMILES string of the molecule is Cc1ccc(S(=O)(=O)Nc2ccc(C#N)cc2C#CS(F)(F)(F)(F)F)cc1. The van der Waals surface area contributed by atoms with E-state index in [4.69, 9.17) is 5.26 Å². The van der Waals surface area contributed by atoms with E-state index in [1.54, 1.807) is 13.0 Å². The number of benzene rings is 2. The number of sulfonamides is 1. The molecule has 0 aliphatic carbocycles. The molecule has 4 nitrogen and oxygen atoms in total. The second kappa shape index (κ2) is 5.87. The number of anilines is 1. The van der Waals surface area contributed by atoms with Crippen molar-refractivity contribution in [3.05, 3.63) is 59.2 Å². The maximum Gasteiger partial charge on any atom is 0.345 e. The summed E-state index contributed by atoms with van der Waals surface area (Å²) < 4.78 is 89.1. The maximum atomic E-state index is 12.5. The Bertz CT molecular complexity index is 1110. The van der Waals surface area contributed by atoms with Gasteiger partial charge in [-0.15, -0.1) is 0 Å². The van der Waals surface area contributed by atoms with Crippen molar-refractivity contribution in [1.82, 2.24) is 0 Å². The van der Waals surface area contributed by atoms with Crippen molar-refractivity contribution in [3.8, 4) is 17.2 Å². The van der Waals surface area contributed by atoms with Crippen LogP contribution < -0.4 is 4.72 Å². The van der Waals surface area contributed by atoms with Crippen molar-refractivity contribution in [2.75, 3.05) is 4.72 Å². The minimum absolute atomic E-state index is 0.00614. The molecule has 0 aliphatic heterocycles. The first kappa shape index (κ1) is 20.6. The molecule has 11 heteroatoms. The van der Waals surface area contributed by atoms with Gasteiger partial charge in [-0.1, -0.05) is 37.1 Å². The number of aryl methyl sites for hydroxylation is 1. The summed E-state index contributed by atoms with van der Waals surface area (Å²) in [6, 6.07) is 10.0. The van der Waals surface area contributed by atoms with Crippen LogP contribution in [0.5, 0.6) is 0 Å².